The van der Waals surface area contributed by atoms with Crippen LogP contribution in [0.3, 0.4) is 0 Å². The van der Waals surface area contributed by atoms with Crippen LogP contribution in [0.4, 0.5) is 0 Å². The zero-order chi connectivity index (χ0) is 35.3. The Labute approximate surface area is 299 Å². The van der Waals surface area contributed by atoms with Crippen molar-refractivity contribution in [3.05, 3.63) is 179 Å². The van der Waals surface area contributed by atoms with Crippen LogP contribution in [0.1, 0.15) is 40.2 Å². The molecule has 0 unspecified atom stereocenters. The van der Waals surface area contributed by atoms with Gasteiger partial charge >= 0.3 is 5.97 Å². The third-order valence-electron chi connectivity index (χ3n) is 9.26. The molecule has 6 atom stereocenters. The van der Waals surface area contributed by atoms with Crippen molar-refractivity contribution in [3.8, 4) is 0 Å². The molecule has 8 nitrogen and oxygen atoms in total. The van der Waals surface area contributed by atoms with Gasteiger partial charge in [0.05, 0.1) is 45.4 Å². The third-order valence-corrected chi connectivity index (χ3v) is 9.26. The van der Waals surface area contributed by atoms with Crippen molar-refractivity contribution in [1.82, 2.24) is 5.06 Å². The first-order valence-electron chi connectivity index (χ1n) is 17.4. The minimum Gasteiger partial charge on any atom is -0.481 e. The highest BCUT2D eigenvalue weighted by Crippen LogP contribution is 2.37. The van der Waals surface area contributed by atoms with Crippen molar-refractivity contribution in [3.63, 3.8) is 0 Å². The number of carboxylic acid groups (broad SMARTS) is 1. The Morgan fingerprint density at radius 3 is 1.35 bits per heavy atom. The summed E-state index contributed by atoms with van der Waals surface area (Å²) in [5, 5.41) is 23.7. The SMILES string of the molecule is O=C(O)C[C@@H](c1ccccc1)[C@@H]1[C@@H](OCc2ccccc2)[C@@H](OCc2ccccc2)[C@H](OCc2ccccc2)[C@H](OCc2ccccc2)CN1O. The van der Waals surface area contributed by atoms with Crippen LogP contribution >= 0.6 is 0 Å². The fraction of sp³-hybridized carbons (Fsp3) is 0.279. The van der Waals surface area contributed by atoms with Crippen molar-refractivity contribution >= 4 is 5.97 Å². The molecule has 5 aromatic rings. The summed E-state index contributed by atoms with van der Waals surface area (Å²) in [7, 11) is 0. The first-order valence-corrected chi connectivity index (χ1v) is 17.4. The van der Waals surface area contributed by atoms with Crippen molar-refractivity contribution in [2.45, 2.75) is 69.2 Å². The molecule has 0 bridgehead atoms. The highest BCUT2D eigenvalue weighted by molar-refractivity contribution is 5.68. The van der Waals surface area contributed by atoms with Gasteiger partial charge in [0.15, 0.2) is 0 Å². The van der Waals surface area contributed by atoms with Crippen LogP contribution in [0.25, 0.3) is 0 Å². The van der Waals surface area contributed by atoms with Crippen LogP contribution in [-0.2, 0) is 50.2 Å². The fourth-order valence-corrected chi connectivity index (χ4v) is 6.74. The molecule has 5 aromatic carbocycles. The first kappa shape index (κ1) is 36.1. The summed E-state index contributed by atoms with van der Waals surface area (Å²) >= 11 is 0. The smallest absolute Gasteiger partial charge is 0.304 e. The summed E-state index contributed by atoms with van der Waals surface area (Å²) in [6, 6.07) is 48.0. The van der Waals surface area contributed by atoms with Gasteiger partial charge in [-0.3, -0.25) is 4.79 Å². The standard InChI is InChI=1S/C43H45NO7/c45-39(46)26-37(36-24-14-5-15-25-36)40-42(50-30-34-20-10-3-11-21-34)43(51-31-35-22-12-4-13-23-35)41(49-29-33-18-8-2-9-19-33)38(27-44(40)47)48-28-32-16-6-1-7-17-32/h1-25,37-38,40-43,47H,26-31H2,(H,45,46)/t37-,38+,40+,41+,42+,43-/m0/s1. The number of hydrogen-bond donors (Lipinski definition) is 2. The average molecular weight is 688 g/mol. The zero-order valence-electron chi connectivity index (χ0n) is 28.5. The Morgan fingerprint density at radius 2 is 0.922 bits per heavy atom. The topological polar surface area (TPSA) is 97.7 Å². The second-order valence-electron chi connectivity index (χ2n) is 12.8. The molecule has 1 aliphatic heterocycles. The maximum Gasteiger partial charge on any atom is 0.304 e. The molecule has 1 fully saturated rings. The van der Waals surface area contributed by atoms with Crippen LogP contribution < -0.4 is 0 Å². The van der Waals surface area contributed by atoms with E-state index < -0.39 is 42.3 Å². The largest absolute Gasteiger partial charge is 0.481 e. The van der Waals surface area contributed by atoms with Crippen molar-refractivity contribution in [1.29, 1.82) is 0 Å². The predicted molar refractivity (Wildman–Crippen MR) is 194 cm³/mol. The second kappa shape index (κ2) is 18.5. The molecule has 0 spiro atoms. The van der Waals surface area contributed by atoms with Gasteiger partial charge in [-0.15, -0.1) is 0 Å². The predicted octanol–water partition coefficient (Wildman–Crippen LogP) is 7.66. The minimum atomic E-state index is -0.987. The van der Waals surface area contributed by atoms with Crippen molar-refractivity contribution in [2.24, 2.45) is 0 Å². The monoisotopic (exact) mass is 687 g/mol. The molecule has 6 rings (SSSR count). The van der Waals surface area contributed by atoms with Crippen molar-refractivity contribution < 1.29 is 34.1 Å². The molecule has 1 aliphatic rings. The lowest BCUT2D eigenvalue weighted by Gasteiger charge is -2.40. The van der Waals surface area contributed by atoms with E-state index in [1.165, 1.54) is 5.06 Å². The van der Waals surface area contributed by atoms with Gasteiger partial charge in [-0.2, -0.15) is 5.06 Å². The van der Waals surface area contributed by atoms with E-state index >= 15 is 0 Å². The van der Waals surface area contributed by atoms with E-state index in [0.717, 1.165) is 27.8 Å². The Balaban J connectivity index is 1.45. The average Bonchev–Trinajstić information content (AvgIpc) is 3.28. The Hall–Kier alpha value is -4.67. The molecule has 0 aliphatic carbocycles. The summed E-state index contributed by atoms with van der Waals surface area (Å²) in [5.74, 6) is -1.65. The minimum absolute atomic E-state index is 0.0241. The molecule has 0 radical (unpaired) electrons. The lowest BCUT2D eigenvalue weighted by molar-refractivity contribution is -0.199. The highest BCUT2D eigenvalue weighted by atomic mass is 16.6. The fourth-order valence-electron chi connectivity index (χ4n) is 6.74. The number of aliphatic carboxylic acids is 1. The lowest BCUT2D eigenvalue weighted by atomic mass is 9.83. The van der Waals surface area contributed by atoms with E-state index in [0.29, 0.717) is 0 Å². The number of carboxylic acids is 1. The molecule has 1 saturated heterocycles. The molecule has 0 saturated carbocycles. The summed E-state index contributed by atoms with van der Waals surface area (Å²) in [6.45, 7) is 1.00. The molecular weight excluding hydrogens is 642 g/mol. The van der Waals surface area contributed by atoms with Crippen LogP contribution in [-0.4, -0.2) is 58.3 Å². The number of rotatable bonds is 16. The van der Waals surface area contributed by atoms with Gasteiger partial charge in [-0.05, 0) is 27.8 Å². The van der Waals surface area contributed by atoms with Crippen LogP contribution in [0.2, 0.25) is 0 Å². The maximum absolute atomic E-state index is 12.5. The van der Waals surface area contributed by atoms with Crippen LogP contribution in [0.15, 0.2) is 152 Å². The molecule has 51 heavy (non-hydrogen) atoms. The van der Waals surface area contributed by atoms with Crippen LogP contribution in [0, 0.1) is 0 Å². The first-order chi connectivity index (χ1) is 25.0. The number of nitrogens with zero attached hydrogens (tertiary/aromatic N) is 1. The summed E-state index contributed by atoms with van der Waals surface area (Å²) in [5.41, 5.74) is 4.59. The highest BCUT2D eigenvalue weighted by Gasteiger charge is 2.51. The molecule has 2 N–H and O–H groups in total. The maximum atomic E-state index is 12.5. The van der Waals surface area contributed by atoms with E-state index in [1.54, 1.807) is 0 Å². The van der Waals surface area contributed by atoms with Crippen molar-refractivity contribution in [2.75, 3.05) is 6.54 Å². The Bertz CT molecular complexity index is 1730. The molecule has 0 amide bonds. The summed E-state index contributed by atoms with van der Waals surface area (Å²) in [6.07, 6.45) is -3.30. The molecule has 8 heteroatoms. The quantitative estimate of drug-likeness (QED) is 0.109. The second-order valence-corrected chi connectivity index (χ2v) is 12.8. The Kier molecular flexibility index (Phi) is 13.1. The normalized spacial score (nSPS) is 21.5. The van der Waals surface area contributed by atoms with Gasteiger partial charge in [0.25, 0.3) is 0 Å². The zero-order valence-corrected chi connectivity index (χ0v) is 28.5. The molecule has 0 aromatic heterocycles. The van der Waals surface area contributed by atoms with Gasteiger partial charge in [0.2, 0.25) is 0 Å². The number of hydroxylamine groups is 2. The number of hydrogen-bond acceptors (Lipinski definition) is 7. The molecular formula is C43H45NO7. The Morgan fingerprint density at radius 1 is 0.549 bits per heavy atom. The number of ether oxygens (including phenoxy) is 4. The number of benzene rings is 5. The van der Waals surface area contributed by atoms with E-state index in [1.807, 2.05) is 152 Å². The van der Waals surface area contributed by atoms with E-state index in [-0.39, 0.29) is 39.4 Å². The summed E-state index contributed by atoms with van der Waals surface area (Å²) in [4.78, 5) is 12.5. The van der Waals surface area contributed by atoms with Gasteiger partial charge in [-0.1, -0.05) is 152 Å². The van der Waals surface area contributed by atoms with E-state index in [2.05, 4.69) is 0 Å². The van der Waals surface area contributed by atoms with E-state index in [9.17, 15) is 15.1 Å². The third kappa shape index (κ3) is 10.2. The summed E-state index contributed by atoms with van der Waals surface area (Å²) < 4.78 is 27.2. The lowest BCUT2D eigenvalue weighted by Crippen LogP contribution is -2.53. The van der Waals surface area contributed by atoms with Gasteiger partial charge in [-0.25, -0.2) is 0 Å². The van der Waals surface area contributed by atoms with Crippen LogP contribution in [0.5, 0.6) is 0 Å². The van der Waals surface area contributed by atoms with E-state index in [4.69, 9.17) is 18.9 Å². The van der Waals surface area contributed by atoms with Gasteiger partial charge < -0.3 is 29.3 Å². The molecule has 264 valence electrons. The molecule has 1 heterocycles. The van der Waals surface area contributed by atoms with Gasteiger partial charge in [0, 0.05) is 5.92 Å². The van der Waals surface area contributed by atoms with Gasteiger partial charge in [0.1, 0.15) is 24.4 Å². The number of carbonyl (C=O) groups is 1.